The number of thiophene rings is 1. The second kappa shape index (κ2) is 6.57. The zero-order valence-corrected chi connectivity index (χ0v) is 13.8. The number of nitrogens with one attached hydrogen (secondary N) is 1. The maximum Gasteiger partial charge on any atom is 0.442 e. The highest BCUT2D eigenvalue weighted by atomic mass is 35.5. The molecule has 1 N–H and O–H groups in total. The van der Waals surface area contributed by atoms with Crippen LogP contribution in [0.15, 0.2) is 45.0 Å². The van der Waals surface area contributed by atoms with Crippen LogP contribution in [0.1, 0.15) is 0 Å². The summed E-state index contributed by atoms with van der Waals surface area (Å²) < 4.78 is 5.80. The Hall–Kier alpha value is -2.09. The molecule has 1 amide bonds. The molecule has 0 fully saturated rings. The van der Waals surface area contributed by atoms with Crippen LogP contribution in [-0.4, -0.2) is 15.6 Å². The summed E-state index contributed by atoms with van der Waals surface area (Å²) in [7, 11) is 0. The predicted octanol–water partition coefficient (Wildman–Crippen LogP) is 3.51. The molecule has 0 atom stereocenters. The molecule has 0 saturated carbocycles. The second-order valence-corrected chi connectivity index (χ2v) is 6.22. The summed E-state index contributed by atoms with van der Waals surface area (Å²) in [5.74, 6) is -0.852. The zero-order valence-electron chi connectivity index (χ0n) is 11.5. The molecule has 0 unspecified atom stereocenters. The zero-order chi connectivity index (χ0) is 16.4. The molecular weight excluding hydrogens is 361 g/mol. The third-order valence-corrected chi connectivity index (χ3v) is 4.64. The fourth-order valence-electron chi connectivity index (χ4n) is 1.92. The minimum absolute atomic E-state index is 0.235. The number of anilines is 1. The molecule has 0 radical (unpaired) electrons. The summed E-state index contributed by atoms with van der Waals surface area (Å²) in [4.78, 5) is 24.7. The van der Waals surface area contributed by atoms with Gasteiger partial charge in [-0.1, -0.05) is 40.5 Å². The van der Waals surface area contributed by atoms with Crippen LogP contribution in [0.5, 0.6) is 0 Å². The Labute approximate surface area is 144 Å². The maximum absolute atomic E-state index is 12.2. The number of aromatic nitrogens is 2. The number of hydrogen-bond donors (Lipinski definition) is 1. The lowest BCUT2D eigenvalue weighted by molar-refractivity contribution is -0.116. The molecule has 1 aromatic carbocycles. The van der Waals surface area contributed by atoms with Crippen LogP contribution >= 0.6 is 34.5 Å². The molecule has 3 rings (SSSR count). The van der Waals surface area contributed by atoms with Crippen molar-refractivity contribution < 1.29 is 9.32 Å². The minimum atomic E-state index is -0.708. The van der Waals surface area contributed by atoms with Gasteiger partial charge in [-0.05, 0) is 23.6 Å². The van der Waals surface area contributed by atoms with E-state index in [1.807, 2.05) is 11.4 Å². The number of halogens is 2. The molecule has 0 bridgehead atoms. The van der Waals surface area contributed by atoms with Gasteiger partial charge < -0.3 is 5.32 Å². The Morgan fingerprint density at radius 2 is 2.13 bits per heavy atom. The van der Waals surface area contributed by atoms with Gasteiger partial charge in [0.25, 0.3) is 0 Å². The fourth-order valence-corrected chi connectivity index (χ4v) is 2.99. The lowest BCUT2D eigenvalue weighted by Crippen LogP contribution is -2.25. The molecule has 0 aliphatic carbocycles. The third-order valence-electron chi connectivity index (χ3n) is 2.96. The van der Waals surface area contributed by atoms with Crippen LogP contribution in [0.25, 0.3) is 10.7 Å². The van der Waals surface area contributed by atoms with E-state index in [0.717, 1.165) is 9.44 Å². The summed E-state index contributed by atoms with van der Waals surface area (Å²) >= 11 is 13.3. The van der Waals surface area contributed by atoms with E-state index in [2.05, 4.69) is 15.0 Å². The van der Waals surface area contributed by atoms with Crippen molar-refractivity contribution in [3.63, 3.8) is 0 Å². The van der Waals surface area contributed by atoms with E-state index in [4.69, 9.17) is 23.2 Å². The Kier molecular flexibility index (Phi) is 4.51. The maximum atomic E-state index is 12.2. The monoisotopic (exact) mass is 369 g/mol. The lowest BCUT2D eigenvalue weighted by atomic mass is 10.3. The van der Waals surface area contributed by atoms with Gasteiger partial charge in [0.15, 0.2) is 5.82 Å². The molecular formula is C14H9Cl2N3O3S. The predicted molar refractivity (Wildman–Crippen MR) is 89.2 cm³/mol. The van der Waals surface area contributed by atoms with Crippen molar-refractivity contribution in [3.05, 3.63) is 56.3 Å². The largest absolute Gasteiger partial charge is 0.442 e. The molecule has 3 aromatic rings. The van der Waals surface area contributed by atoms with Crippen LogP contribution in [0.3, 0.4) is 0 Å². The molecule has 118 valence electrons. The average molecular weight is 370 g/mol. The van der Waals surface area contributed by atoms with E-state index in [1.165, 1.54) is 11.3 Å². The number of benzene rings is 1. The van der Waals surface area contributed by atoms with Crippen LogP contribution in [0, 0.1) is 0 Å². The normalized spacial score (nSPS) is 10.7. The Morgan fingerprint density at radius 1 is 1.30 bits per heavy atom. The van der Waals surface area contributed by atoms with E-state index in [1.54, 1.807) is 24.3 Å². The highest BCUT2D eigenvalue weighted by molar-refractivity contribution is 7.13. The van der Waals surface area contributed by atoms with E-state index in [-0.39, 0.29) is 11.6 Å². The fraction of sp³-hybridized carbons (Fsp3) is 0.0714. The van der Waals surface area contributed by atoms with Crippen molar-refractivity contribution in [2.75, 3.05) is 5.32 Å². The van der Waals surface area contributed by atoms with E-state index >= 15 is 0 Å². The van der Waals surface area contributed by atoms with E-state index < -0.39 is 11.7 Å². The van der Waals surface area contributed by atoms with Gasteiger partial charge in [-0.2, -0.15) is 0 Å². The van der Waals surface area contributed by atoms with Gasteiger partial charge in [-0.25, -0.2) is 9.36 Å². The number of rotatable bonds is 4. The van der Waals surface area contributed by atoms with Crippen molar-refractivity contribution >= 4 is 46.1 Å². The second-order valence-electron chi connectivity index (χ2n) is 4.49. The van der Waals surface area contributed by atoms with E-state index in [9.17, 15) is 9.59 Å². The van der Waals surface area contributed by atoms with Crippen LogP contribution in [0.4, 0.5) is 5.69 Å². The van der Waals surface area contributed by atoms with Gasteiger partial charge in [0.2, 0.25) is 5.91 Å². The van der Waals surface area contributed by atoms with Crippen LogP contribution < -0.4 is 11.1 Å². The van der Waals surface area contributed by atoms with E-state index in [0.29, 0.717) is 16.5 Å². The minimum Gasteiger partial charge on any atom is -0.323 e. The van der Waals surface area contributed by atoms with Gasteiger partial charge in [0.05, 0.1) is 20.6 Å². The van der Waals surface area contributed by atoms with Crippen LogP contribution in [-0.2, 0) is 11.3 Å². The molecule has 0 spiro atoms. The number of carbonyl (C=O) groups is 1. The van der Waals surface area contributed by atoms with Gasteiger partial charge in [0, 0.05) is 0 Å². The Morgan fingerprint density at radius 3 is 2.87 bits per heavy atom. The third kappa shape index (κ3) is 3.31. The SMILES string of the molecule is O=C(Cn1c(-c2cccs2)noc1=O)Nc1cccc(Cl)c1Cl. The standard InChI is InChI=1S/C14H9Cl2N3O3S/c15-8-3-1-4-9(12(8)16)17-11(20)7-19-13(18-22-14(19)21)10-5-2-6-23-10/h1-6H,7H2,(H,17,20). The summed E-state index contributed by atoms with van der Waals surface area (Å²) in [5, 5.41) is 8.71. The molecule has 0 aliphatic rings. The van der Waals surface area contributed by atoms with Gasteiger partial charge in [0.1, 0.15) is 6.54 Å². The molecule has 2 aromatic heterocycles. The van der Waals surface area contributed by atoms with Gasteiger partial charge in [-0.15, -0.1) is 11.3 Å². The van der Waals surface area contributed by atoms with Gasteiger partial charge >= 0.3 is 5.76 Å². The summed E-state index contributed by atoms with van der Waals surface area (Å²) in [5.41, 5.74) is 0.367. The van der Waals surface area contributed by atoms with Gasteiger partial charge in [-0.3, -0.25) is 9.32 Å². The molecule has 23 heavy (non-hydrogen) atoms. The van der Waals surface area contributed by atoms with Crippen molar-refractivity contribution in [2.45, 2.75) is 6.54 Å². The lowest BCUT2D eigenvalue weighted by Gasteiger charge is -2.08. The smallest absolute Gasteiger partial charge is 0.323 e. The van der Waals surface area contributed by atoms with Crippen molar-refractivity contribution in [1.82, 2.24) is 9.72 Å². The number of amides is 1. The van der Waals surface area contributed by atoms with Crippen molar-refractivity contribution in [3.8, 4) is 10.7 Å². The summed E-state index contributed by atoms with van der Waals surface area (Å²) in [6, 6.07) is 8.48. The first-order valence-corrected chi connectivity index (χ1v) is 8.04. The molecule has 0 aliphatic heterocycles. The Bertz CT molecular complexity index is 902. The number of hydrogen-bond acceptors (Lipinski definition) is 5. The quantitative estimate of drug-likeness (QED) is 0.763. The molecule has 6 nitrogen and oxygen atoms in total. The summed E-state index contributed by atoms with van der Waals surface area (Å²) in [6.45, 7) is -0.252. The van der Waals surface area contributed by atoms with Crippen molar-refractivity contribution in [2.24, 2.45) is 0 Å². The highest BCUT2D eigenvalue weighted by Crippen LogP contribution is 2.29. The first-order chi connectivity index (χ1) is 11.1. The molecule has 9 heteroatoms. The highest BCUT2D eigenvalue weighted by Gasteiger charge is 2.17. The molecule has 0 saturated heterocycles. The number of nitrogens with zero attached hydrogens (tertiary/aromatic N) is 2. The first kappa shape index (κ1) is 15.8. The first-order valence-electron chi connectivity index (χ1n) is 6.40. The summed E-state index contributed by atoms with van der Waals surface area (Å²) in [6.07, 6.45) is 0. The van der Waals surface area contributed by atoms with Crippen LogP contribution in [0.2, 0.25) is 10.0 Å². The average Bonchev–Trinajstić information content (AvgIpc) is 3.15. The molecule has 2 heterocycles. The topological polar surface area (TPSA) is 77.1 Å². The Balaban J connectivity index is 1.83. The van der Waals surface area contributed by atoms with Crippen molar-refractivity contribution in [1.29, 1.82) is 0 Å². The number of carbonyl (C=O) groups excluding carboxylic acids is 1.